The summed E-state index contributed by atoms with van der Waals surface area (Å²) in [6.07, 6.45) is 0.894. The Hall–Kier alpha value is -2.28. The van der Waals surface area contributed by atoms with Gasteiger partial charge in [-0.1, -0.05) is 54.6 Å². The minimum absolute atomic E-state index is 0.349. The van der Waals surface area contributed by atoms with Crippen LogP contribution in [0, 0.1) is 0 Å². The zero-order chi connectivity index (χ0) is 12.4. The minimum atomic E-state index is 0.349. The molecule has 0 fully saturated rings. The monoisotopic (exact) mass is 234 g/mol. The Labute approximate surface area is 106 Å². The summed E-state index contributed by atoms with van der Waals surface area (Å²) in [7, 11) is 0. The SMILES string of the molecule is Oc1cccc2ccc(Cc3ccccc3)cc12. The topological polar surface area (TPSA) is 20.2 Å². The number of fused-ring (bicyclic) bond motifs is 1. The second-order valence-electron chi connectivity index (χ2n) is 4.50. The second-order valence-corrected chi connectivity index (χ2v) is 4.50. The highest BCUT2D eigenvalue weighted by Gasteiger charge is 2.01. The summed E-state index contributed by atoms with van der Waals surface area (Å²) in [5.41, 5.74) is 2.50. The summed E-state index contributed by atoms with van der Waals surface area (Å²) in [5.74, 6) is 0.349. The van der Waals surface area contributed by atoms with Crippen LogP contribution >= 0.6 is 0 Å². The van der Waals surface area contributed by atoms with Gasteiger partial charge in [0.25, 0.3) is 0 Å². The predicted octanol–water partition coefficient (Wildman–Crippen LogP) is 4.14. The Morgan fingerprint density at radius 3 is 2.39 bits per heavy atom. The van der Waals surface area contributed by atoms with Crippen LogP contribution in [0.1, 0.15) is 11.1 Å². The summed E-state index contributed by atoms with van der Waals surface area (Å²) in [4.78, 5) is 0. The molecule has 1 nitrogen and oxygen atoms in total. The molecule has 0 spiro atoms. The molecule has 1 heteroatoms. The van der Waals surface area contributed by atoms with Crippen LogP contribution in [0.3, 0.4) is 0 Å². The average Bonchev–Trinajstić information content (AvgIpc) is 2.41. The van der Waals surface area contributed by atoms with Crippen molar-refractivity contribution in [2.24, 2.45) is 0 Å². The fraction of sp³-hybridized carbons (Fsp3) is 0.0588. The molecular formula is C17H14O. The average molecular weight is 234 g/mol. The van der Waals surface area contributed by atoms with E-state index in [0.29, 0.717) is 5.75 Å². The van der Waals surface area contributed by atoms with Crippen molar-refractivity contribution in [3.63, 3.8) is 0 Å². The van der Waals surface area contributed by atoms with Crippen LogP contribution in [0.25, 0.3) is 10.8 Å². The third-order valence-corrected chi connectivity index (χ3v) is 3.17. The quantitative estimate of drug-likeness (QED) is 0.706. The van der Waals surface area contributed by atoms with Crippen LogP contribution in [-0.2, 0) is 6.42 Å². The standard InChI is InChI=1S/C17H14O/c18-17-8-4-7-15-10-9-14(12-16(15)17)11-13-5-2-1-3-6-13/h1-10,12,18H,11H2. The van der Waals surface area contributed by atoms with Gasteiger partial charge in [-0.2, -0.15) is 0 Å². The van der Waals surface area contributed by atoms with E-state index in [1.807, 2.05) is 30.3 Å². The third kappa shape index (κ3) is 2.07. The lowest BCUT2D eigenvalue weighted by molar-refractivity contribution is 0.481. The highest BCUT2D eigenvalue weighted by atomic mass is 16.3. The molecule has 88 valence electrons. The number of hydrogen-bond donors (Lipinski definition) is 1. The first-order valence-corrected chi connectivity index (χ1v) is 6.07. The van der Waals surface area contributed by atoms with Crippen molar-refractivity contribution in [3.8, 4) is 5.75 Å². The van der Waals surface area contributed by atoms with Crippen molar-refractivity contribution in [2.45, 2.75) is 6.42 Å². The van der Waals surface area contributed by atoms with Gasteiger partial charge in [0.05, 0.1) is 0 Å². The van der Waals surface area contributed by atoms with Gasteiger partial charge in [-0.05, 0) is 35.1 Å². The first-order chi connectivity index (χ1) is 8.83. The molecule has 18 heavy (non-hydrogen) atoms. The van der Waals surface area contributed by atoms with Crippen LogP contribution in [-0.4, -0.2) is 5.11 Å². The molecule has 0 amide bonds. The lowest BCUT2D eigenvalue weighted by atomic mass is 10.0. The van der Waals surface area contributed by atoms with Crippen molar-refractivity contribution in [3.05, 3.63) is 77.9 Å². The molecule has 0 aliphatic heterocycles. The van der Waals surface area contributed by atoms with E-state index in [2.05, 4.69) is 30.3 Å². The maximum atomic E-state index is 9.86. The predicted molar refractivity (Wildman–Crippen MR) is 74.9 cm³/mol. The number of hydrogen-bond acceptors (Lipinski definition) is 1. The van der Waals surface area contributed by atoms with Gasteiger partial charge in [0.15, 0.2) is 0 Å². The smallest absolute Gasteiger partial charge is 0.123 e. The molecule has 0 radical (unpaired) electrons. The van der Waals surface area contributed by atoms with Crippen LogP contribution in [0.2, 0.25) is 0 Å². The number of phenols is 1. The zero-order valence-electron chi connectivity index (χ0n) is 10.0. The van der Waals surface area contributed by atoms with E-state index in [1.165, 1.54) is 11.1 Å². The molecule has 3 aromatic rings. The van der Waals surface area contributed by atoms with Gasteiger partial charge in [-0.3, -0.25) is 0 Å². The molecule has 0 atom stereocenters. The van der Waals surface area contributed by atoms with Crippen molar-refractivity contribution in [1.82, 2.24) is 0 Å². The fourth-order valence-electron chi connectivity index (χ4n) is 2.24. The van der Waals surface area contributed by atoms with Crippen LogP contribution in [0.4, 0.5) is 0 Å². The van der Waals surface area contributed by atoms with Crippen molar-refractivity contribution >= 4 is 10.8 Å². The molecule has 0 saturated heterocycles. The van der Waals surface area contributed by atoms with E-state index < -0.39 is 0 Å². The lowest BCUT2D eigenvalue weighted by Gasteiger charge is -2.05. The molecule has 0 aliphatic rings. The molecule has 0 heterocycles. The Morgan fingerprint density at radius 2 is 1.56 bits per heavy atom. The number of benzene rings is 3. The normalized spacial score (nSPS) is 10.7. The maximum absolute atomic E-state index is 9.86. The van der Waals surface area contributed by atoms with Crippen LogP contribution < -0.4 is 0 Å². The van der Waals surface area contributed by atoms with E-state index in [9.17, 15) is 5.11 Å². The summed E-state index contributed by atoms with van der Waals surface area (Å²) in [6.45, 7) is 0. The maximum Gasteiger partial charge on any atom is 0.123 e. The third-order valence-electron chi connectivity index (χ3n) is 3.17. The van der Waals surface area contributed by atoms with Crippen molar-refractivity contribution in [2.75, 3.05) is 0 Å². The summed E-state index contributed by atoms with van der Waals surface area (Å²) >= 11 is 0. The Morgan fingerprint density at radius 1 is 0.722 bits per heavy atom. The molecule has 0 unspecified atom stereocenters. The zero-order valence-corrected chi connectivity index (χ0v) is 10.0. The highest BCUT2D eigenvalue weighted by Crippen LogP contribution is 2.26. The first kappa shape index (κ1) is 10.8. The molecule has 0 aliphatic carbocycles. The molecule has 3 aromatic carbocycles. The van der Waals surface area contributed by atoms with Crippen LogP contribution in [0.15, 0.2) is 66.7 Å². The molecule has 0 bridgehead atoms. The number of aromatic hydroxyl groups is 1. The first-order valence-electron chi connectivity index (χ1n) is 6.07. The van der Waals surface area contributed by atoms with E-state index in [4.69, 9.17) is 0 Å². The van der Waals surface area contributed by atoms with E-state index in [-0.39, 0.29) is 0 Å². The fourth-order valence-corrected chi connectivity index (χ4v) is 2.24. The van der Waals surface area contributed by atoms with E-state index in [0.717, 1.165) is 17.2 Å². The number of phenolic OH excluding ortho intramolecular Hbond substituents is 1. The minimum Gasteiger partial charge on any atom is -0.507 e. The molecule has 0 saturated carbocycles. The van der Waals surface area contributed by atoms with Crippen molar-refractivity contribution in [1.29, 1.82) is 0 Å². The summed E-state index contributed by atoms with van der Waals surface area (Å²) in [6, 6.07) is 22.2. The highest BCUT2D eigenvalue weighted by molar-refractivity contribution is 5.88. The summed E-state index contributed by atoms with van der Waals surface area (Å²) < 4.78 is 0. The van der Waals surface area contributed by atoms with Crippen LogP contribution in [0.5, 0.6) is 5.75 Å². The molecular weight excluding hydrogens is 220 g/mol. The largest absolute Gasteiger partial charge is 0.507 e. The van der Waals surface area contributed by atoms with E-state index in [1.54, 1.807) is 6.07 Å². The molecule has 1 N–H and O–H groups in total. The van der Waals surface area contributed by atoms with Gasteiger partial charge in [0.1, 0.15) is 5.75 Å². The van der Waals surface area contributed by atoms with Gasteiger partial charge in [0.2, 0.25) is 0 Å². The van der Waals surface area contributed by atoms with E-state index >= 15 is 0 Å². The van der Waals surface area contributed by atoms with Gasteiger partial charge in [-0.15, -0.1) is 0 Å². The summed E-state index contributed by atoms with van der Waals surface area (Å²) in [5, 5.41) is 11.9. The van der Waals surface area contributed by atoms with Gasteiger partial charge < -0.3 is 5.11 Å². The molecule has 3 rings (SSSR count). The number of rotatable bonds is 2. The molecule has 0 aromatic heterocycles. The van der Waals surface area contributed by atoms with Crippen molar-refractivity contribution < 1.29 is 5.11 Å². The second kappa shape index (κ2) is 4.53. The Balaban J connectivity index is 2.01. The van der Waals surface area contributed by atoms with Gasteiger partial charge >= 0.3 is 0 Å². The van der Waals surface area contributed by atoms with Gasteiger partial charge in [0, 0.05) is 5.39 Å². The Kier molecular flexibility index (Phi) is 2.73. The Bertz CT molecular complexity index is 672. The lowest BCUT2D eigenvalue weighted by Crippen LogP contribution is -1.87. The van der Waals surface area contributed by atoms with Gasteiger partial charge in [-0.25, -0.2) is 0 Å².